The van der Waals surface area contributed by atoms with Crippen molar-refractivity contribution in [2.24, 2.45) is 11.7 Å². The molecular weight excluding hydrogens is 379 g/mol. The molecule has 1 aliphatic heterocycles. The molecule has 4 rings (SSSR count). The standard InChI is InChI=1S/C22H31BN4OS/c24-18(15-29)22(28)27-12-11-26-14-20(23-17-9-5-2-6-10-17)25-21(26)19(27)13-16-7-3-1-4-8-16/h2,5-6,9-10,14,16,18-19,23,29H,1,3-4,7-8,11-13,15,24H2/t18-,19-/m0/s1. The fourth-order valence-corrected chi connectivity index (χ4v) is 5.01. The summed E-state index contributed by atoms with van der Waals surface area (Å²) < 4.78 is 2.27. The molecule has 1 amide bonds. The van der Waals surface area contributed by atoms with Gasteiger partial charge in [-0.05, 0) is 12.3 Å². The van der Waals surface area contributed by atoms with E-state index in [4.69, 9.17) is 10.7 Å². The number of nitrogens with two attached hydrogens (primary N) is 1. The van der Waals surface area contributed by atoms with Gasteiger partial charge in [0.1, 0.15) is 5.82 Å². The van der Waals surface area contributed by atoms with Crippen LogP contribution in [0.1, 0.15) is 50.4 Å². The lowest BCUT2D eigenvalue weighted by atomic mass is 9.67. The fraction of sp³-hybridized carbons (Fsp3) is 0.545. The third kappa shape index (κ3) is 4.72. The maximum absolute atomic E-state index is 13.0. The Morgan fingerprint density at radius 2 is 1.97 bits per heavy atom. The van der Waals surface area contributed by atoms with Gasteiger partial charge in [-0.25, -0.2) is 4.98 Å². The molecule has 0 radical (unpaired) electrons. The van der Waals surface area contributed by atoms with E-state index in [9.17, 15) is 4.79 Å². The molecule has 0 bridgehead atoms. The monoisotopic (exact) mass is 410 g/mol. The van der Waals surface area contributed by atoms with Crippen LogP contribution in [-0.4, -0.2) is 46.0 Å². The van der Waals surface area contributed by atoms with E-state index < -0.39 is 6.04 Å². The molecule has 154 valence electrons. The Kier molecular flexibility index (Phi) is 6.65. The molecule has 7 heteroatoms. The molecular formula is C22H31BN4OS. The molecule has 2 atom stereocenters. The maximum Gasteiger partial charge on any atom is 0.241 e. The Hall–Kier alpha value is -1.73. The van der Waals surface area contributed by atoms with E-state index in [-0.39, 0.29) is 11.9 Å². The topological polar surface area (TPSA) is 64.2 Å². The van der Waals surface area contributed by atoms with E-state index >= 15 is 0 Å². The number of nitrogens with zero attached hydrogens (tertiary/aromatic N) is 3. The lowest BCUT2D eigenvalue weighted by Crippen LogP contribution is -2.50. The second-order valence-corrected chi connectivity index (χ2v) is 8.89. The zero-order valence-electron chi connectivity index (χ0n) is 17.0. The molecule has 2 aliphatic rings. The summed E-state index contributed by atoms with van der Waals surface area (Å²) in [5.41, 5.74) is 8.41. The van der Waals surface area contributed by atoms with E-state index in [2.05, 4.69) is 47.7 Å². The summed E-state index contributed by atoms with van der Waals surface area (Å²) in [6, 6.07) is 9.93. The van der Waals surface area contributed by atoms with Crippen LogP contribution in [0.25, 0.3) is 0 Å². The van der Waals surface area contributed by atoms with Gasteiger partial charge in [0.15, 0.2) is 0 Å². The number of carbonyl (C=O) groups is 1. The van der Waals surface area contributed by atoms with Crippen LogP contribution >= 0.6 is 12.6 Å². The molecule has 1 aromatic carbocycles. The van der Waals surface area contributed by atoms with Gasteiger partial charge in [-0.1, -0.05) is 67.9 Å². The minimum absolute atomic E-state index is 0.0136. The smallest absolute Gasteiger partial charge is 0.241 e. The van der Waals surface area contributed by atoms with Crippen molar-refractivity contribution in [2.45, 2.75) is 57.2 Å². The maximum atomic E-state index is 13.0. The van der Waals surface area contributed by atoms with E-state index in [0.29, 0.717) is 18.2 Å². The van der Waals surface area contributed by atoms with Crippen molar-refractivity contribution in [3.8, 4) is 0 Å². The van der Waals surface area contributed by atoms with Crippen LogP contribution in [0.4, 0.5) is 0 Å². The average molecular weight is 410 g/mol. The zero-order chi connectivity index (χ0) is 20.2. The number of thiol groups is 1. The number of fused-ring (bicyclic) bond motifs is 1. The van der Waals surface area contributed by atoms with Crippen molar-refractivity contribution < 1.29 is 4.79 Å². The van der Waals surface area contributed by atoms with Crippen molar-refractivity contribution in [3.63, 3.8) is 0 Å². The SMILES string of the molecule is N[C@@H](CS)C(=O)N1CCn2cc(Bc3ccccc3)nc2[C@@H]1CC1CCCCC1. The van der Waals surface area contributed by atoms with Crippen LogP contribution in [0.2, 0.25) is 0 Å². The number of benzene rings is 1. The van der Waals surface area contributed by atoms with E-state index in [1.165, 1.54) is 37.6 Å². The van der Waals surface area contributed by atoms with E-state index in [1.807, 2.05) is 11.0 Å². The summed E-state index contributed by atoms with van der Waals surface area (Å²) in [6.45, 7) is 1.48. The molecule has 0 saturated heterocycles. The molecule has 1 fully saturated rings. The first-order valence-corrected chi connectivity index (χ1v) is 11.6. The van der Waals surface area contributed by atoms with E-state index in [0.717, 1.165) is 31.7 Å². The molecule has 2 aromatic rings. The van der Waals surface area contributed by atoms with Gasteiger partial charge in [-0.2, -0.15) is 12.6 Å². The fourth-order valence-electron chi connectivity index (χ4n) is 4.86. The van der Waals surface area contributed by atoms with Crippen molar-refractivity contribution in [1.29, 1.82) is 0 Å². The van der Waals surface area contributed by atoms with Gasteiger partial charge in [0.25, 0.3) is 0 Å². The number of amides is 1. The quantitative estimate of drug-likeness (QED) is 0.559. The molecule has 29 heavy (non-hydrogen) atoms. The Morgan fingerprint density at radius 3 is 2.69 bits per heavy atom. The predicted octanol–water partition coefficient (Wildman–Crippen LogP) is 1.38. The van der Waals surface area contributed by atoms with Gasteiger partial charge in [-0.15, -0.1) is 0 Å². The molecule has 0 unspecified atom stereocenters. The van der Waals surface area contributed by atoms with Crippen molar-refractivity contribution >= 4 is 36.9 Å². The molecule has 2 N–H and O–H groups in total. The number of carbonyl (C=O) groups excluding carboxylic acids is 1. The van der Waals surface area contributed by atoms with Crippen LogP contribution in [-0.2, 0) is 11.3 Å². The lowest BCUT2D eigenvalue weighted by Gasteiger charge is -2.39. The van der Waals surface area contributed by atoms with Gasteiger partial charge in [0.05, 0.1) is 12.1 Å². The number of hydrogen-bond acceptors (Lipinski definition) is 4. The zero-order valence-corrected chi connectivity index (χ0v) is 17.9. The average Bonchev–Trinajstić information content (AvgIpc) is 3.17. The number of aromatic nitrogens is 2. The summed E-state index contributed by atoms with van der Waals surface area (Å²) in [5.74, 6) is 2.09. The lowest BCUT2D eigenvalue weighted by molar-refractivity contribution is -0.136. The van der Waals surface area contributed by atoms with Gasteiger partial charge >= 0.3 is 0 Å². The first-order valence-electron chi connectivity index (χ1n) is 10.9. The molecule has 0 spiro atoms. The summed E-state index contributed by atoms with van der Waals surface area (Å²) in [7, 11) is 0.821. The van der Waals surface area contributed by atoms with Gasteiger partial charge in [-0.3, -0.25) is 4.79 Å². The molecule has 1 saturated carbocycles. The Bertz CT molecular complexity index is 821. The van der Waals surface area contributed by atoms with Crippen LogP contribution in [0.5, 0.6) is 0 Å². The highest BCUT2D eigenvalue weighted by molar-refractivity contribution is 7.80. The van der Waals surface area contributed by atoms with Gasteiger partial charge in [0.2, 0.25) is 13.2 Å². The second kappa shape index (κ2) is 9.39. The van der Waals surface area contributed by atoms with Crippen molar-refractivity contribution in [1.82, 2.24) is 14.5 Å². The highest BCUT2D eigenvalue weighted by Gasteiger charge is 2.36. The summed E-state index contributed by atoms with van der Waals surface area (Å²) >= 11 is 4.26. The van der Waals surface area contributed by atoms with Gasteiger partial charge in [0, 0.05) is 30.6 Å². The van der Waals surface area contributed by atoms with Crippen molar-refractivity contribution in [3.05, 3.63) is 42.4 Å². The second-order valence-electron chi connectivity index (χ2n) is 8.52. The molecule has 5 nitrogen and oxygen atoms in total. The number of imidazole rings is 1. The normalized spacial score (nSPS) is 20.9. The van der Waals surface area contributed by atoms with Crippen LogP contribution < -0.4 is 16.8 Å². The Balaban J connectivity index is 1.60. The van der Waals surface area contributed by atoms with E-state index in [1.54, 1.807) is 0 Å². The predicted molar refractivity (Wildman–Crippen MR) is 123 cm³/mol. The third-order valence-corrected chi connectivity index (χ3v) is 6.81. The number of hydrogen-bond donors (Lipinski definition) is 2. The largest absolute Gasteiger partial charge is 0.332 e. The first-order chi connectivity index (χ1) is 14.2. The van der Waals surface area contributed by atoms with Crippen LogP contribution in [0.3, 0.4) is 0 Å². The number of rotatable bonds is 6. The minimum Gasteiger partial charge on any atom is -0.332 e. The molecule has 2 heterocycles. The highest BCUT2D eigenvalue weighted by Crippen LogP contribution is 2.36. The summed E-state index contributed by atoms with van der Waals surface area (Å²) in [4.78, 5) is 20.0. The highest BCUT2D eigenvalue weighted by atomic mass is 32.1. The molecule has 1 aromatic heterocycles. The van der Waals surface area contributed by atoms with Crippen LogP contribution in [0, 0.1) is 5.92 Å². The minimum atomic E-state index is -0.544. The summed E-state index contributed by atoms with van der Waals surface area (Å²) in [6.07, 6.45) is 9.63. The Labute approximate surface area is 179 Å². The molecule has 1 aliphatic carbocycles. The third-order valence-electron chi connectivity index (χ3n) is 6.42. The summed E-state index contributed by atoms with van der Waals surface area (Å²) in [5, 5.41) is 0. The van der Waals surface area contributed by atoms with Gasteiger partial charge < -0.3 is 15.2 Å². The Morgan fingerprint density at radius 1 is 1.21 bits per heavy atom. The first kappa shape index (κ1) is 20.5. The van der Waals surface area contributed by atoms with Crippen LogP contribution in [0.15, 0.2) is 36.5 Å². The van der Waals surface area contributed by atoms with Crippen molar-refractivity contribution in [2.75, 3.05) is 12.3 Å².